The summed E-state index contributed by atoms with van der Waals surface area (Å²) in [6.07, 6.45) is 11.2. The van der Waals surface area contributed by atoms with Crippen molar-refractivity contribution in [2.75, 3.05) is 16.9 Å². The molecule has 1 aromatic carbocycles. The number of halogens is 1. The number of nitrogens with zero attached hydrogens (tertiary/aromatic N) is 3. The molecule has 1 saturated heterocycles. The Labute approximate surface area is 219 Å². The molecule has 2 aromatic rings. The summed E-state index contributed by atoms with van der Waals surface area (Å²) in [6, 6.07) is 8.05. The third-order valence-electron chi connectivity index (χ3n) is 8.07. The number of anilines is 3. The first kappa shape index (κ1) is 25.7. The second kappa shape index (κ2) is 10.4. The third-order valence-corrected chi connectivity index (χ3v) is 9.08. The molecule has 0 amide bonds. The Kier molecular flexibility index (Phi) is 7.45. The van der Waals surface area contributed by atoms with E-state index in [0.29, 0.717) is 34.9 Å². The van der Waals surface area contributed by atoms with E-state index in [-0.39, 0.29) is 12.1 Å². The van der Waals surface area contributed by atoms with E-state index in [0.717, 1.165) is 44.2 Å². The molecule has 10 heteroatoms. The fourth-order valence-electron chi connectivity index (χ4n) is 6.28. The lowest BCUT2D eigenvalue weighted by Crippen LogP contribution is -2.48. The molecule has 5 atom stereocenters. The lowest BCUT2D eigenvalue weighted by Gasteiger charge is -2.40. The molecule has 3 heterocycles. The maximum Gasteiger partial charge on any atom is 0.229 e. The van der Waals surface area contributed by atoms with Gasteiger partial charge in [0.1, 0.15) is 5.02 Å². The maximum absolute atomic E-state index is 11.8. The number of hydrogen-bond acceptors (Lipinski definition) is 7. The summed E-state index contributed by atoms with van der Waals surface area (Å²) in [7, 11) is -3.30. The zero-order chi connectivity index (χ0) is 25.4. The van der Waals surface area contributed by atoms with Gasteiger partial charge in [-0.2, -0.15) is 4.98 Å². The van der Waals surface area contributed by atoms with Crippen molar-refractivity contribution in [1.29, 1.82) is 0 Å². The van der Waals surface area contributed by atoms with Crippen LogP contribution in [0.25, 0.3) is 0 Å². The van der Waals surface area contributed by atoms with Crippen LogP contribution in [0.15, 0.2) is 24.4 Å². The van der Waals surface area contributed by atoms with Crippen LogP contribution in [0, 0.1) is 0 Å². The SMILES string of the molecule is CCC(C)N1C2CCC1c1cc(Nc3ncc(Cl)c(N[C@@H]4CCCC[C@H]4NS(C)(=O)=O)n3)ccc1C2. The number of hydrogen-bond donors (Lipinski definition) is 3. The first-order valence-electron chi connectivity index (χ1n) is 13.2. The maximum atomic E-state index is 11.8. The van der Waals surface area contributed by atoms with E-state index in [2.05, 4.69) is 62.3 Å². The number of rotatable bonds is 8. The Hall–Kier alpha value is -1.94. The number of sulfonamides is 1. The first-order chi connectivity index (χ1) is 17.2. The van der Waals surface area contributed by atoms with E-state index in [9.17, 15) is 8.42 Å². The molecule has 5 rings (SSSR count). The fourth-order valence-corrected chi connectivity index (χ4v) is 7.26. The smallest absolute Gasteiger partial charge is 0.229 e. The lowest BCUT2D eigenvalue weighted by molar-refractivity contribution is 0.122. The van der Waals surface area contributed by atoms with Gasteiger partial charge in [0.2, 0.25) is 16.0 Å². The quantitative estimate of drug-likeness (QED) is 0.439. The highest BCUT2D eigenvalue weighted by Crippen LogP contribution is 2.46. The number of fused-ring (bicyclic) bond motifs is 4. The predicted octanol–water partition coefficient (Wildman–Crippen LogP) is 5.01. The number of benzene rings is 1. The van der Waals surface area contributed by atoms with Crippen LogP contribution in [0.4, 0.5) is 17.5 Å². The summed E-state index contributed by atoms with van der Waals surface area (Å²) in [4.78, 5) is 11.8. The van der Waals surface area contributed by atoms with Gasteiger partial charge in [0, 0.05) is 35.9 Å². The predicted molar refractivity (Wildman–Crippen MR) is 145 cm³/mol. The van der Waals surface area contributed by atoms with E-state index in [4.69, 9.17) is 11.6 Å². The van der Waals surface area contributed by atoms with Crippen LogP contribution in [0.2, 0.25) is 5.02 Å². The van der Waals surface area contributed by atoms with Crippen molar-refractivity contribution < 1.29 is 8.42 Å². The largest absolute Gasteiger partial charge is 0.364 e. The standard InChI is InChI=1S/C26H37ClN6O2S/c1-4-16(2)33-19-11-12-24(33)20-14-18(10-9-17(20)13-19)29-26-28-15-21(27)25(31-26)30-22-7-5-6-8-23(22)32-36(3,34)35/h9-10,14-16,19,22-24,32H,4-8,11-13H2,1-3H3,(H2,28,29,30,31)/t16?,19?,22-,23-,24?/m1/s1. The summed E-state index contributed by atoms with van der Waals surface area (Å²) in [5.41, 5.74) is 3.83. The second-order valence-corrected chi connectivity index (χ2v) is 12.8. The summed E-state index contributed by atoms with van der Waals surface area (Å²) in [6.45, 7) is 4.62. The Balaban J connectivity index is 1.34. The van der Waals surface area contributed by atoms with Gasteiger partial charge >= 0.3 is 0 Å². The van der Waals surface area contributed by atoms with Gasteiger partial charge in [0.05, 0.1) is 12.5 Å². The minimum absolute atomic E-state index is 0.0840. The zero-order valence-corrected chi connectivity index (χ0v) is 22.9. The molecule has 2 bridgehead atoms. The molecule has 0 spiro atoms. The highest BCUT2D eigenvalue weighted by molar-refractivity contribution is 7.88. The number of nitrogens with one attached hydrogen (secondary N) is 3. The van der Waals surface area contributed by atoms with E-state index in [1.807, 2.05) is 0 Å². The summed E-state index contributed by atoms with van der Waals surface area (Å²) in [5.74, 6) is 0.977. The van der Waals surface area contributed by atoms with Crippen molar-refractivity contribution in [2.24, 2.45) is 0 Å². The number of aromatic nitrogens is 2. The molecule has 0 radical (unpaired) electrons. The third kappa shape index (κ3) is 5.49. The lowest BCUT2D eigenvalue weighted by atomic mass is 9.91. The van der Waals surface area contributed by atoms with Crippen LogP contribution in [-0.2, 0) is 16.4 Å². The average Bonchev–Trinajstić information content (AvgIpc) is 3.16. The Morgan fingerprint density at radius 1 is 1.17 bits per heavy atom. The topological polar surface area (TPSA) is 99.2 Å². The Bertz CT molecular complexity index is 1210. The van der Waals surface area contributed by atoms with Gasteiger partial charge in [0.25, 0.3) is 0 Å². The minimum Gasteiger partial charge on any atom is -0.364 e. The molecule has 8 nitrogen and oxygen atoms in total. The summed E-state index contributed by atoms with van der Waals surface area (Å²) >= 11 is 6.44. The molecule has 1 aromatic heterocycles. The molecule has 3 unspecified atom stereocenters. The van der Waals surface area contributed by atoms with Crippen molar-refractivity contribution in [3.05, 3.63) is 40.5 Å². The van der Waals surface area contributed by atoms with Crippen molar-refractivity contribution in [3.63, 3.8) is 0 Å². The molecule has 2 fully saturated rings. The summed E-state index contributed by atoms with van der Waals surface area (Å²) < 4.78 is 26.4. The molecule has 3 N–H and O–H groups in total. The van der Waals surface area contributed by atoms with E-state index >= 15 is 0 Å². The Morgan fingerprint density at radius 2 is 1.94 bits per heavy atom. The molecular formula is C26H37ClN6O2S. The Morgan fingerprint density at radius 3 is 2.69 bits per heavy atom. The van der Waals surface area contributed by atoms with E-state index < -0.39 is 10.0 Å². The van der Waals surface area contributed by atoms with Crippen LogP contribution in [0.1, 0.15) is 76.0 Å². The zero-order valence-electron chi connectivity index (χ0n) is 21.3. The fraction of sp³-hybridized carbons (Fsp3) is 0.615. The minimum atomic E-state index is -3.30. The van der Waals surface area contributed by atoms with Gasteiger partial charge in [0.15, 0.2) is 5.82 Å². The monoisotopic (exact) mass is 532 g/mol. The van der Waals surface area contributed by atoms with Gasteiger partial charge in [-0.15, -0.1) is 0 Å². The molecule has 1 saturated carbocycles. The second-order valence-electron chi connectivity index (χ2n) is 10.6. The van der Waals surface area contributed by atoms with Crippen molar-refractivity contribution in [3.8, 4) is 0 Å². The van der Waals surface area contributed by atoms with Gasteiger partial charge in [-0.25, -0.2) is 18.1 Å². The highest BCUT2D eigenvalue weighted by Gasteiger charge is 2.41. The summed E-state index contributed by atoms with van der Waals surface area (Å²) in [5, 5.41) is 7.17. The van der Waals surface area contributed by atoms with Gasteiger partial charge in [-0.3, -0.25) is 4.90 Å². The van der Waals surface area contributed by atoms with Gasteiger partial charge in [-0.1, -0.05) is 37.4 Å². The van der Waals surface area contributed by atoms with Crippen molar-refractivity contribution >= 4 is 39.1 Å². The van der Waals surface area contributed by atoms with Gasteiger partial charge < -0.3 is 10.6 Å². The highest BCUT2D eigenvalue weighted by atomic mass is 35.5. The van der Waals surface area contributed by atoms with E-state index in [1.165, 1.54) is 30.2 Å². The molecule has 196 valence electrons. The van der Waals surface area contributed by atoms with E-state index in [1.54, 1.807) is 6.20 Å². The van der Waals surface area contributed by atoms with Crippen molar-refractivity contribution in [1.82, 2.24) is 19.6 Å². The van der Waals surface area contributed by atoms with Gasteiger partial charge in [-0.05, 0) is 68.7 Å². The molecular weight excluding hydrogens is 496 g/mol. The molecule has 3 aliphatic rings. The molecule has 36 heavy (non-hydrogen) atoms. The molecule has 2 aliphatic heterocycles. The normalized spacial score (nSPS) is 26.9. The first-order valence-corrected chi connectivity index (χ1v) is 15.4. The molecule has 1 aliphatic carbocycles. The van der Waals surface area contributed by atoms with Crippen LogP contribution >= 0.6 is 11.6 Å². The average molecular weight is 533 g/mol. The van der Waals surface area contributed by atoms with Crippen LogP contribution in [0.3, 0.4) is 0 Å². The van der Waals surface area contributed by atoms with Crippen LogP contribution in [-0.4, -0.2) is 53.7 Å². The van der Waals surface area contributed by atoms with Crippen LogP contribution in [0.5, 0.6) is 0 Å². The van der Waals surface area contributed by atoms with Crippen LogP contribution < -0.4 is 15.4 Å². The van der Waals surface area contributed by atoms with Crippen molar-refractivity contribution in [2.45, 2.75) is 95.4 Å².